The van der Waals surface area contributed by atoms with E-state index in [2.05, 4.69) is 15.3 Å². The molecular weight excluding hydrogens is 166 g/mol. The van der Waals surface area contributed by atoms with Crippen molar-refractivity contribution in [3.8, 4) is 0 Å². The Kier molecular flexibility index (Phi) is 2.40. The lowest BCUT2D eigenvalue weighted by molar-refractivity contribution is 0.404. The maximum Gasteiger partial charge on any atom is 0.345 e. The number of nitrogens with one attached hydrogen (secondary N) is 2. The number of piperidine rings is 1. The molecule has 0 spiro atoms. The normalized spacial score (nSPS) is 22.9. The predicted octanol–water partition coefficient (Wildman–Crippen LogP) is 0.585. The summed E-state index contributed by atoms with van der Waals surface area (Å²) in [6.07, 6.45) is 5.11. The van der Waals surface area contributed by atoms with Crippen LogP contribution in [0.4, 0.5) is 0 Å². The van der Waals surface area contributed by atoms with Gasteiger partial charge in [-0.25, -0.2) is 9.78 Å². The Morgan fingerprint density at radius 3 is 3.08 bits per heavy atom. The van der Waals surface area contributed by atoms with E-state index in [1.807, 2.05) is 6.07 Å². The summed E-state index contributed by atoms with van der Waals surface area (Å²) in [4.78, 5) is 17.3. The molecule has 1 aromatic heterocycles. The van der Waals surface area contributed by atoms with Crippen molar-refractivity contribution in [3.63, 3.8) is 0 Å². The second kappa shape index (κ2) is 3.70. The van der Waals surface area contributed by atoms with Crippen LogP contribution in [-0.4, -0.2) is 16.5 Å². The molecule has 0 aromatic carbocycles. The number of rotatable bonds is 1. The van der Waals surface area contributed by atoms with Gasteiger partial charge in [0, 0.05) is 17.9 Å². The number of nitrogens with zero attached hydrogens (tertiary/aromatic N) is 1. The topological polar surface area (TPSA) is 57.8 Å². The van der Waals surface area contributed by atoms with Crippen LogP contribution in [0.3, 0.4) is 0 Å². The highest BCUT2D eigenvalue weighted by Crippen LogP contribution is 2.19. The van der Waals surface area contributed by atoms with Crippen molar-refractivity contribution in [2.45, 2.75) is 25.3 Å². The van der Waals surface area contributed by atoms with Crippen molar-refractivity contribution in [1.82, 2.24) is 15.3 Å². The molecule has 0 aliphatic carbocycles. The van der Waals surface area contributed by atoms with Crippen LogP contribution < -0.4 is 11.0 Å². The van der Waals surface area contributed by atoms with Crippen LogP contribution in [0.2, 0.25) is 0 Å². The lowest BCUT2D eigenvalue weighted by Crippen LogP contribution is -2.29. The van der Waals surface area contributed by atoms with E-state index in [0.29, 0.717) is 6.04 Å². The van der Waals surface area contributed by atoms with Gasteiger partial charge in [-0.15, -0.1) is 0 Å². The van der Waals surface area contributed by atoms with Crippen molar-refractivity contribution in [2.75, 3.05) is 6.54 Å². The van der Waals surface area contributed by atoms with Crippen LogP contribution in [-0.2, 0) is 0 Å². The molecule has 0 amide bonds. The van der Waals surface area contributed by atoms with Gasteiger partial charge in [-0.2, -0.15) is 0 Å². The maximum absolute atomic E-state index is 10.9. The number of hydrogen-bond donors (Lipinski definition) is 2. The highest BCUT2D eigenvalue weighted by atomic mass is 16.1. The van der Waals surface area contributed by atoms with Crippen LogP contribution >= 0.6 is 0 Å². The van der Waals surface area contributed by atoms with Crippen molar-refractivity contribution in [1.29, 1.82) is 0 Å². The van der Waals surface area contributed by atoms with Crippen molar-refractivity contribution in [3.05, 3.63) is 28.4 Å². The lowest BCUT2D eigenvalue weighted by Gasteiger charge is -2.22. The molecule has 70 valence electrons. The van der Waals surface area contributed by atoms with Crippen LogP contribution in [0.5, 0.6) is 0 Å². The van der Waals surface area contributed by atoms with Gasteiger partial charge in [0.15, 0.2) is 0 Å². The zero-order chi connectivity index (χ0) is 9.10. The fourth-order valence-electron chi connectivity index (χ4n) is 1.70. The zero-order valence-electron chi connectivity index (χ0n) is 7.42. The molecule has 0 bridgehead atoms. The molecule has 1 aliphatic rings. The van der Waals surface area contributed by atoms with Crippen LogP contribution in [0.15, 0.2) is 17.1 Å². The fraction of sp³-hybridized carbons (Fsp3) is 0.556. The molecule has 4 heteroatoms. The van der Waals surface area contributed by atoms with E-state index >= 15 is 0 Å². The van der Waals surface area contributed by atoms with Crippen LogP contribution in [0.1, 0.15) is 31.0 Å². The third-order valence-corrected chi connectivity index (χ3v) is 2.38. The van der Waals surface area contributed by atoms with E-state index in [4.69, 9.17) is 0 Å². The standard InChI is InChI=1S/C9H13N3O/c13-9-11-6-4-8(12-9)7-3-1-2-5-10-7/h4,6-7,10H,1-3,5H2,(H,11,12,13). The highest BCUT2D eigenvalue weighted by Gasteiger charge is 2.14. The minimum atomic E-state index is -0.259. The van der Waals surface area contributed by atoms with E-state index in [-0.39, 0.29) is 5.69 Å². The first-order valence-electron chi connectivity index (χ1n) is 4.65. The Balaban J connectivity index is 2.19. The minimum absolute atomic E-state index is 0.259. The summed E-state index contributed by atoms with van der Waals surface area (Å²) in [5.41, 5.74) is 0.699. The average molecular weight is 179 g/mol. The SMILES string of the molecule is O=c1nccc(C2CCCCN2)[nH]1. The average Bonchev–Trinajstić information content (AvgIpc) is 2.19. The third-order valence-electron chi connectivity index (χ3n) is 2.38. The number of aromatic nitrogens is 2. The minimum Gasteiger partial charge on any atom is -0.309 e. The first-order valence-corrected chi connectivity index (χ1v) is 4.65. The molecule has 0 saturated carbocycles. The molecule has 2 heterocycles. The van der Waals surface area contributed by atoms with Gasteiger partial charge in [0.05, 0.1) is 0 Å². The van der Waals surface area contributed by atoms with E-state index in [1.165, 1.54) is 12.8 Å². The molecule has 2 N–H and O–H groups in total. The summed E-state index contributed by atoms with van der Waals surface area (Å²) in [5.74, 6) is 0. The molecule has 1 saturated heterocycles. The Labute approximate surface area is 76.4 Å². The monoisotopic (exact) mass is 179 g/mol. The maximum atomic E-state index is 10.9. The van der Waals surface area contributed by atoms with Crippen molar-refractivity contribution in [2.24, 2.45) is 0 Å². The van der Waals surface area contributed by atoms with Crippen LogP contribution in [0.25, 0.3) is 0 Å². The van der Waals surface area contributed by atoms with Crippen molar-refractivity contribution >= 4 is 0 Å². The number of H-pyrrole nitrogens is 1. The quantitative estimate of drug-likeness (QED) is 0.663. The highest BCUT2D eigenvalue weighted by molar-refractivity contribution is 5.05. The molecule has 2 rings (SSSR count). The Morgan fingerprint density at radius 1 is 1.46 bits per heavy atom. The summed E-state index contributed by atoms with van der Waals surface area (Å²) in [6, 6.07) is 2.18. The Hall–Kier alpha value is -1.16. The summed E-state index contributed by atoms with van der Waals surface area (Å²) >= 11 is 0. The molecule has 1 fully saturated rings. The lowest BCUT2D eigenvalue weighted by atomic mass is 10.0. The fourth-order valence-corrected chi connectivity index (χ4v) is 1.70. The summed E-state index contributed by atoms with van der Waals surface area (Å²) in [7, 11) is 0. The molecule has 1 aliphatic heterocycles. The summed E-state index contributed by atoms with van der Waals surface area (Å²) in [5, 5.41) is 3.36. The molecule has 13 heavy (non-hydrogen) atoms. The zero-order valence-corrected chi connectivity index (χ0v) is 7.42. The van der Waals surface area contributed by atoms with Gasteiger partial charge in [0.25, 0.3) is 0 Å². The largest absolute Gasteiger partial charge is 0.345 e. The predicted molar refractivity (Wildman–Crippen MR) is 49.5 cm³/mol. The van der Waals surface area contributed by atoms with E-state index < -0.39 is 0 Å². The van der Waals surface area contributed by atoms with Gasteiger partial charge >= 0.3 is 5.69 Å². The van der Waals surface area contributed by atoms with E-state index in [0.717, 1.165) is 18.7 Å². The van der Waals surface area contributed by atoms with Gasteiger partial charge in [0.2, 0.25) is 0 Å². The first-order chi connectivity index (χ1) is 6.36. The van der Waals surface area contributed by atoms with Gasteiger partial charge in [-0.3, -0.25) is 0 Å². The Morgan fingerprint density at radius 2 is 2.38 bits per heavy atom. The molecule has 4 nitrogen and oxygen atoms in total. The van der Waals surface area contributed by atoms with E-state index in [1.54, 1.807) is 6.20 Å². The smallest absolute Gasteiger partial charge is 0.309 e. The molecule has 1 unspecified atom stereocenters. The van der Waals surface area contributed by atoms with Crippen LogP contribution in [0, 0.1) is 0 Å². The molecular formula is C9H13N3O. The number of hydrogen-bond acceptors (Lipinski definition) is 3. The summed E-state index contributed by atoms with van der Waals surface area (Å²) < 4.78 is 0. The second-order valence-corrected chi connectivity index (χ2v) is 3.33. The Bertz CT molecular complexity index is 328. The third kappa shape index (κ3) is 1.95. The summed E-state index contributed by atoms with van der Waals surface area (Å²) in [6.45, 7) is 1.04. The van der Waals surface area contributed by atoms with E-state index in [9.17, 15) is 4.79 Å². The second-order valence-electron chi connectivity index (χ2n) is 3.33. The number of aromatic amines is 1. The van der Waals surface area contributed by atoms with Gasteiger partial charge in [-0.05, 0) is 25.5 Å². The van der Waals surface area contributed by atoms with Gasteiger partial charge in [-0.1, -0.05) is 6.42 Å². The van der Waals surface area contributed by atoms with Crippen molar-refractivity contribution < 1.29 is 0 Å². The molecule has 0 radical (unpaired) electrons. The molecule has 1 atom stereocenters. The van der Waals surface area contributed by atoms with Gasteiger partial charge < -0.3 is 10.3 Å². The van der Waals surface area contributed by atoms with Gasteiger partial charge in [0.1, 0.15) is 0 Å². The first kappa shape index (κ1) is 8.44. The molecule has 1 aromatic rings.